The van der Waals surface area contributed by atoms with Crippen molar-refractivity contribution >= 4 is 15.4 Å². The molecule has 0 aliphatic heterocycles. The van der Waals surface area contributed by atoms with Gasteiger partial charge in [-0.2, -0.15) is 0 Å². The normalized spacial score (nSPS) is 18.5. The van der Waals surface area contributed by atoms with Crippen LogP contribution in [-0.4, -0.2) is 3.21 Å². The molecular weight excluding hydrogens is 558 g/mol. The van der Waals surface area contributed by atoms with Crippen molar-refractivity contribution in [2.75, 3.05) is 0 Å². The van der Waals surface area contributed by atoms with E-state index in [0.717, 1.165) is 0 Å². The third kappa shape index (κ3) is 5.32. The van der Waals surface area contributed by atoms with Crippen LogP contribution in [0.4, 0.5) is 0 Å². The largest absolute Gasteiger partial charge is 1.00 e. The summed E-state index contributed by atoms with van der Waals surface area (Å²) in [5.41, 5.74) is 10.2. The topological polar surface area (TPSA) is 0 Å². The maximum Gasteiger partial charge on any atom is -1.00 e. The fourth-order valence-corrected chi connectivity index (χ4v) is 16.1. The van der Waals surface area contributed by atoms with Gasteiger partial charge in [0.25, 0.3) is 0 Å². The molecule has 2 aromatic carbocycles. The van der Waals surface area contributed by atoms with Crippen LogP contribution in [0.5, 0.6) is 0 Å². The van der Waals surface area contributed by atoms with Crippen LogP contribution >= 0.6 is 0 Å². The number of halogens is 2. The van der Waals surface area contributed by atoms with Crippen molar-refractivity contribution in [3.05, 3.63) is 92.8 Å². The first-order valence-electron chi connectivity index (χ1n) is 13.0. The van der Waals surface area contributed by atoms with Crippen LogP contribution in [0.25, 0.3) is 23.3 Å². The van der Waals surface area contributed by atoms with Crippen LogP contribution in [0.2, 0.25) is 0 Å². The summed E-state index contributed by atoms with van der Waals surface area (Å²) in [5, 5.41) is 0. The molecule has 0 amide bonds. The first-order chi connectivity index (χ1) is 16.3. The van der Waals surface area contributed by atoms with E-state index in [1.165, 1.54) is 54.4 Å². The van der Waals surface area contributed by atoms with Crippen molar-refractivity contribution in [3.8, 4) is 11.1 Å². The Labute approximate surface area is 238 Å². The standard InChI is InChI=1S/C17H13.C10H15.C6H10.2ClH.Zr/c1-3-12-5-7-14-11-15-8-6-13(4-2)10-17(15)16(14)9-12;1-8-5-6-9(7-8)10(2,3)4;1-2-4-6-5-3-1;;;/h3-11H,1-2H2;6-8H,1-4H3;1-5H2;2*1H;/q;;;;;+2/p-2. The fourth-order valence-electron chi connectivity index (χ4n) is 6.17. The Morgan fingerprint density at radius 3 is 1.81 bits per heavy atom. The van der Waals surface area contributed by atoms with Crippen LogP contribution < -0.4 is 24.8 Å². The van der Waals surface area contributed by atoms with Crippen LogP contribution in [0.1, 0.15) is 85.7 Å². The number of benzene rings is 2. The van der Waals surface area contributed by atoms with Crippen LogP contribution in [0.3, 0.4) is 0 Å². The summed E-state index contributed by atoms with van der Waals surface area (Å²) in [4.78, 5) is 0. The molecule has 5 rings (SSSR count). The average molecular weight is 597 g/mol. The SMILES string of the molecule is C=Cc1ccc2c(c1)-c1cc(C=C)ccc1[CH]2[Zr+2]([C]1=CC(C(C)(C)C)=CC1C)=[C]1CCCCC1.[Cl-].[Cl-]. The van der Waals surface area contributed by atoms with Crippen molar-refractivity contribution in [3.63, 3.8) is 0 Å². The van der Waals surface area contributed by atoms with Crippen molar-refractivity contribution in [1.82, 2.24) is 0 Å². The van der Waals surface area contributed by atoms with E-state index < -0.39 is 21.3 Å². The summed E-state index contributed by atoms with van der Waals surface area (Å²) < 4.78 is 4.38. The van der Waals surface area contributed by atoms with Crippen LogP contribution in [0, 0.1) is 11.3 Å². The van der Waals surface area contributed by atoms with E-state index in [2.05, 4.69) is 89.4 Å². The second-order valence-electron chi connectivity index (χ2n) is 11.4. The van der Waals surface area contributed by atoms with Gasteiger partial charge in [0.2, 0.25) is 0 Å². The van der Waals surface area contributed by atoms with Gasteiger partial charge in [-0.15, -0.1) is 0 Å². The maximum absolute atomic E-state index is 4.05. The summed E-state index contributed by atoms with van der Waals surface area (Å²) in [6.07, 6.45) is 16.1. The molecule has 1 saturated carbocycles. The summed E-state index contributed by atoms with van der Waals surface area (Å²) in [6.45, 7) is 17.7. The van der Waals surface area contributed by atoms with E-state index in [9.17, 15) is 0 Å². The molecule has 3 heteroatoms. The predicted octanol–water partition coefficient (Wildman–Crippen LogP) is 3.31. The van der Waals surface area contributed by atoms with E-state index in [4.69, 9.17) is 0 Å². The molecule has 0 N–H and O–H groups in total. The molecule has 3 aliphatic rings. The van der Waals surface area contributed by atoms with Gasteiger partial charge in [0.05, 0.1) is 0 Å². The quantitative estimate of drug-likeness (QED) is 0.509. The van der Waals surface area contributed by atoms with Gasteiger partial charge in [-0.05, 0) is 0 Å². The first kappa shape index (κ1) is 29.3. The second-order valence-corrected chi connectivity index (χ2v) is 18.0. The summed E-state index contributed by atoms with van der Waals surface area (Å²) in [5.74, 6) is 0.574. The zero-order valence-electron chi connectivity index (χ0n) is 22.1. The second kappa shape index (κ2) is 11.6. The minimum atomic E-state index is -2.23. The van der Waals surface area contributed by atoms with Gasteiger partial charge in [0.1, 0.15) is 0 Å². The fraction of sp³-hybridized carbons (Fsp3) is 0.364. The maximum atomic E-state index is 4.05. The molecule has 0 aromatic heterocycles. The number of hydrogen-bond acceptors (Lipinski definition) is 0. The van der Waals surface area contributed by atoms with Gasteiger partial charge in [-0.3, -0.25) is 0 Å². The Hall–Kier alpha value is -1.27. The first-order valence-corrected chi connectivity index (χ1v) is 16.9. The summed E-state index contributed by atoms with van der Waals surface area (Å²) >= 11 is -2.23. The molecule has 3 aliphatic carbocycles. The van der Waals surface area contributed by atoms with Crippen molar-refractivity contribution in [2.45, 2.75) is 63.4 Å². The minimum Gasteiger partial charge on any atom is -1.00 e. The Bertz CT molecular complexity index is 1200. The van der Waals surface area contributed by atoms with E-state index >= 15 is 0 Å². The van der Waals surface area contributed by atoms with Gasteiger partial charge >= 0.3 is 215 Å². The molecule has 0 bridgehead atoms. The molecule has 0 radical (unpaired) electrons. The van der Waals surface area contributed by atoms with Crippen LogP contribution in [0.15, 0.2) is 70.6 Å². The van der Waals surface area contributed by atoms with E-state index in [-0.39, 0.29) is 30.2 Å². The van der Waals surface area contributed by atoms with Crippen molar-refractivity contribution in [2.24, 2.45) is 11.3 Å². The molecule has 2 aromatic rings. The smallest absolute Gasteiger partial charge is 1.00 e. The zero-order valence-corrected chi connectivity index (χ0v) is 26.1. The van der Waals surface area contributed by atoms with Gasteiger partial charge < -0.3 is 24.8 Å². The average Bonchev–Trinajstić information content (AvgIpc) is 3.38. The number of hydrogen-bond donors (Lipinski definition) is 0. The Morgan fingerprint density at radius 1 is 0.833 bits per heavy atom. The number of rotatable bonds is 4. The molecule has 188 valence electrons. The number of fused-ring (bicyclic) bond motifs is 3. The molecular formula is C33H38Cl2Zr. The van der Waals surface area contributed by atoms with Gasteiger partial charge in [-0.25, -0.2) is 0 Å². The summed E-state index contributed by atoms with van der Waals surface area (Å²) in [7, 11) is 0. The zero-order chi connectivity index (χ0) is 24.0. The number of allylic oxidation sites excluding steroid dienone is 4. The summed E-state index contributed by atoms with van der Waals surface area (Å²) in [6, 6.07) is 14.2. The molecule has 0 spiro atoms. The molecule has 1 fully saturated rings. The molecule has 1 atom stereocenters. The minimum absolute atomic E-state index is 0. The Morgan fingerprint density at radius 2 is 1.36 bits per heavy atom. The van der Waals surface area contributed by atoms with Gasteiger partial charge in [0.15, 0.2) is 0 Å². The Balaban J connectivity index is 0.00000180. The van der Waals surface area contributed by atoms with E-state index in [1.807, 2.05) is 18.6 Å². The van der Waals surface area contributed by atoms with Crippen molar-refractivity contribution < 1.29 is 46.1 Å². The molecule has 1 unspecified atom stereocenters. The molecule has 0 saturated heterocycles. The molecule has 0 nitrogen and oxygen atoms in total. The van der Waals surface area contributed by atoms with Crippen LogP contribution in [-0.2, 0) is 21.3 Å². The van der Waals surface area contributed by atoms with Gasteiger partial charge in [-0.1, -0.05) is 0 Å². The Kier molecular flexibility index (Phi) is 9.47. The van der Waals surface area contributed by atoms with E-state index in [1.54, 1.807) is 16.7 Å². The van der Waals surface area contributed by atoms with Gasteiger partial charge in [0, 0.05) is 0 Å². The monoisotopic (exact) mass is 594 g/mol. The molecule has 0 heterocycles. The molecule has 36 heavy (non-hydrogen) atoms. The predicted molar refractivity (Wildman–Crippen MR) is 147 cm³/mol. The third-order valence-corrected chi connectivity index (χ3v) is 17.1. The third-order valence-electron chi connectivity index (χ3n) is 8.07. The van der Waals surface area contributed by atoms with Crippen molar-refractivity contribution in [1.29, 1.82) is 0 Å². The van der Waals surface area contributed by atoms with E-state index in [0.29, 0.717) is 9.54 Å².